The van der Waals surface area contributed by atoms with Gasteiger partial charge in [-0.1, -0.05) is 36.4 Å². The van der Waals surface area contributed by atoms with Crippen molar-refractivity contribution in [1.82, 2.24) is 0 Å². The Morgan fingerprint density at radius 1 is 1.06 bits per heavy atom. The van der Waals surface area contributed by atoms with Crippen molar-refractivity contribution in [2.24, 2.45) is 0 Å². The van der Waals surface area contributed by atoms with Crippen LogP contribution in [0.3, 0.4) is 0 Å². The molecule has 78 valence electrons. The van der Waals surface area contributed by atoms with Gasteiger partial charge < -0.3 is 5.73 Å². The molecule has 16 heavy (non-hydrogen) atoms. The summed E-state index contributed by atoms with van der Waals surface area (Å²) in [6.45, 7) is 0.545. The first kappa shape index (κ1) is 9.31. The van der Waals surface area contributed by atoms with Crippen LogP contribution in [-0.2, 0) is 0 Å². The predicted octanol–water partition coefficient (Wildman–Crippen LogP) is 1.66. The molecule has 0 saturated carbocycles. The maximum absolute atomic E-state index is 12.1. The summed E-state index contributed by atoms with van der Waals surface area (Å²) in [5.41, 5.74) is 6.55. The molecule has 0 unspecified atom stereocenters. The minimum absolute atomic E-state index is 0.124. The molecule has 0 spiro atoms. The van der Waals surface area contributed by atoms with Crippen LogP contribution in [0.1, 0.15) is 15.9 Å². The third-order valence-corrected chi connectivity index (χ3v) is 3.07. The van der Waals surface area contributed by atoms with E-state index in [1.165, 1.54) is 0 Å². The van der Waals surface area contributed by atoms with Gasteiger partial charge in [-0.2, -0.15) is 0 Å². The van der Waals surface area contributed by atoms with Crippen molar-refractivity contribution >= 4 is 22.6 Å². The minimum Gasteiger partial charge on any atom is -0.354 e. The third-order valence-electron chi connectivity index (χ3n) is 3.07. The summed E-state index contributed by atoms with van der Waals surface area (Å²) < 4.78 is 0. The second-order valence-electron chi connectivity index (χ2n) is 4.00. The molecule has 2 nitrogen and oxygen atoms in total. The van der Waals surface area contributed by atoms with E-state index in [0.29, 0.717) is 6.54 Å². The zero-order valence-corrected chi connectivity index (χ0v) is 8.86. The van der Waals surface area contributed by atoms with Crippen molar-refractivity contribution in [3.63, 3.8) is 0 Å². The highest BCUT2D eigenvalue weighted by Gasteiger charge is 2.21. The number of quaternary nitrogens is 1. The summed E-state index contributed by atoms with van der Waals surface area (Å²) in [5, 5.41) is 2.20. The predicted molar refractivity (Wildman–Crippen MR) is 64.0 cm³/mol. The van der Waals surface area contributed by atoms with Crippen LogP contribution < -0.4 is 5.73 Å². The highest BCUT2D eigenvalue weighted by molar-refractivity contribution is 6.22. The van der Waals surface area contributed by atoms with E-state index in [0.717, 1.165) is 27.5 Å². The summed E-state index contributed by atoms with van der Waals surface area (Å²) in [6.07, 6.45) is 1.96. The molecule has 0 aliphatic heterocycles. The average Bonchev–Trinajstić information content (AvgIpc) is 2.33. The fourth-order valence-electron chi connectivity index (χ4n) is 2.29. The molecule has 1 aliphatic rings. The first-order valence-electron chi connectivity index (χ1n) is 5.37. The van der Waals surface area contributed by atoms with Crippen LogP contribution >= 0.6 is 0 Å². The molecule has 0 saturated heterocycles. The van der Waals surface area contributed by atoms with Crippen LogP contribution in [0.5, 0.6) is 0 Å². The summed E-state index contributed by atoms with van der Waals surface area (Å²) in [6, 6.07) is 12.0. The maximum Gasteiger partial charge on any atom is 0.195 e. The molecule has 2 aromatic rings. The smallest absolute Gasteiger partial charge is 0.195 e. The molecule has 0 radical (unpaired) electrons. The van der Waals surface area contributed by atoms with Gasteiger partial charge in [0.25, 0.3) is 0 Å². The summed E-state index contributed by atoms with van der Waals surface area (Å²) in [7, 11) is 0. The van der Waals surface area contributed by atoms with Gasteiger partial charge >= 0.3 is 0 Å². The SMILES string of the molecule is [NH3+]CC1=Cc2cccc3cccc(c23)C1=O. The highest BCUT2D eigenvalue weighted by atomic mass is 16.1. The fourth-order valence-corrected chi connectivity index (χ4v) is 2.29. The van der Waals surface area contributed by atoms with Crippen LogP contribution in [0, 0.1) is 0 Å². The number of carbonyl (C=O) groups is 1. The number of benzene rings is 2. The van der Waals surface area contributed by atoms with Gasteiger partial charge in [-0.05, 0) is 17.0 Å². The quantitative estimate of drug-likeness (QED) is 0.764. The van der Waals surface area contributed by atoms with E-state index in [-0.39, 0.29) is 5.78 Å². The molecule has 3 rings (SSSR count). The normalized spacial score (nSPS) is 14.1. The summed E-state index contributed by atoms with van der Waals surface area (Å²) in [4.78, 5) is 12.1. The van der Waals surface area contributed by atoms with Crippen LogP contribution in [0.2, 0.25) is 0 Å². The largest absolute Gasteiger partial charge is 0.354 e. The number of hydrogen-bond acceptors (Lipinski definition) is 1. The molecule has 2 aromatic carbocycles. The average molecular weight is 210 g/mol. The number of rotatable bonds is 1. The van der Waals surface area contributed by atoms with Gasteiger partial charge in [-0.15, -0.1) is 0 Å². The Balaban J connectivity index is 2.45. The van der Waals surface area contributed by atoms with Gasteiger partial charge in [0, 0.05) is 10.9 Å². The molecule has 0 bridgehead atoms. The highest BCUT2D eigenvalue weighted by Crippen LogP contribution is 2.30. The second-order valence-corrected chi connectivity index (χ2v) is 4.00. The lowest BCUT2D eigenvalue weighted by atomic mass is 9.88. The molecule has 0 heterocycles. The molecule has 0 atom stereocenters. The van der Waals surface area contributed by atoms with E-state index in [2.05, 4.69) is 5.73 Å². The van der Waals surface area contributed by atoms with Crippen molar-refractivity contribution in [1.29, 1.82) is 0 Å². The van der Waals surface area contributed by atoms with Crippen molar-refractivity contribution < 1.29 is 10.5 Å². The Bertz CT molecular complexity index is 620. The van der Waals surface area contributed by atoms with Gasteiger partial charge in [0.2, 0.25) is 0 Å². The minimum atomic E-state index is 0.124. The van der Waals surface area contributed by atoms with E-state index in [1.54, 1.807) is 0 Å². The van der Waals surface area contributed by atoms with Gasteiger partial charge in [-0.3, -0.25) is 4.79 Å². The zero-order valence-electron chi connectivity index (χ0n) is 8.86. The number of Topliss-reactive ketones (excluding diaryl/α,β-unsaturated/α-hetero) is 1. The molecule has 0 aromatic heterocycles. The fraction of sp³-hybridized carbons (Fsp3) is 0.0714. The van der Waals surface area contributed by atoms with Crippen molar-refractivity contribution in [2.45, 2.75) is 0 Å². The zero-order chi connectivity index (χ0) is 11.1. The van der Waals surface area contributed by atoms with Crippen LogP contribution in [0.25, 0.3) is 16.8 Å². The molecule has 0 fully saturated rings. The third kappa shape index (κ3) is 1.14. The Hall–Kier alpha value is -1.93. The van der Waals surface area contributed by atoms with Crippen molar-refractivity contribution in [3.8, 4) is 0 Å². The van der Waals surface area contributed by atoms with Crippen LogP contribution in [0.15, 0.2) is 42.0 Å². The number of hydrogen-bond donors (Lipinski definition) is 1. The Kier molecular flexibility index (Phi) is 1.91. The summed E-state index contributed by atoms with van der Waals surface area (Å²) in [5.74, 6) is 0.124. The lowest BCUT2D eigenvalue weighted by Crippen LogP contribution is -2.52. The van der Waals surface area contributed by atoms with Gasteiger partial charge in [0.15, 0.2) is 5.78 Å². The van der Waals surface area contributed by atoms with E-state index >= 15 is 0 Å². The summed E-state index contributed by atoms with van der Waals surface area (Å²) >= 11 is 0. The van der Waals surface area contributed by atoms with E-state index < -0.39 is 0 Å². The first-order valence-corrected chi connectivity index (χ1v) is 5.37. The van der Waals surface area contributed by atoms with Gasteiger partial charge in [0.05, 0.1) is 5.57 Å². The molecule has 1 aliphatic carbocycles. The van der Waals surface area contributed by atoms with Gasteiger partial charge in [-0.25, -0.2) is 0 Å². The standard InChI is InChI=1S/C14H11NO/c15-8-11-7-10-5-1-3-9-4-2-6-12(13(9)10)14(11)16/h1-7H,8,15H2/p+1. The van der Waals surface area contributed by atoms with E-state index in [1.807, 2.05) is 42.5 Å². The maximum atomic E-state index is 12.1. The van der Waals surface area contributed by atoms with Crippen LogP contribution in [-0.4, -0.2) is 12.3 Å². The molecule has 2 heteroatoms. The molecular weight excluding hydrogens is 198 g/mol. The topological polar surface area (TPSA) is 44.7 Å². The lowest BCUT2D eigenvalue weighted by Gasteiger charge is -2.14. The molecule has 3 N–H and O–H groups in total. The Labute approximate surface area is 93.4 Å². The van der Waals surface area contributed by atoms with Crippen molar-refractivity contribution in [3.05, 3.63) is 53.1 Å². The van der Waals surface area contributed by atoms with Crippen molar-refractivity contribution in [2.75, 3.05) is 6.54 Å². The monoisotopic (exact) mass is 210 g/mol. The molecule has 0 amide bonds. The van der Waals surface area contributed by atoms with Gasteiger partial charge in [0.1, 0.15) is 6.54 Å². The number of carbonyl (C=O) groups excluding carboxylic acids is 1. The second kappa shape index (κ2) is 3.29. The van der Waals surface area contributed by atoms with Crippen LogP contribution in [0.4, 0.5) is 0 Å². The first-order chi connectivity index (χ1) is 7.81. The number of ketones is 1. The lowest BCUT2D eigenvalue weighted by molar-refractivity contribution is -0.354. The van der Waals surface area contributed by atoms with E-state index in [4.69, 9.17) is 0 Å². The molecular formula is C14H12NO+. The Morgan fingerprint density at radius 2 is 1.81 bits per heavy atom. The van der Waals surface area contributed by atoms with E-state index in [9.17, 15) is 4.79 Å². The Morgan fingerprint density at radius 3 is 2.56 bits per heavy atom.